The molecule has 0 aliphatic carbocycles. The molecule has 1 aromatic carbocycles. The summed E-state index contributed by atoms with van der Waals surface area (Å²) in [5, 5.41) is 9.73. The van der Waals surface area contributed by atoms with Gasteiger partial charge in [0, 0.05) is 37.7 Å². The highest BCUT2D eigenvalue weighted by Crippen LogP contribution is 2.43. The van der Waals surface area contributed by atoms with E-state index >= 15 is 0 Å². The van der Waals surface area contributed by atoms with E-state index < -0.39 is 35.4 Å². The van der Waals surface area contributed by atoms with Crippen molar-refractivity contribution in [3.05, 3.63) is 71.6 Å². The number of piperidine rings is 1. The predicted molar refractivity (Wildman–Crippen MR) is 151 cm³/mol. The van der Waals surface area contributed by atoms with E-state index in [1.54, 1.807) is 37.8 Å². The first-order valence-electron chi connectivity index (χ1n) is 13.7. The van der Waals surface area contributed by atoms with Crippen LogP contribution in [0.25, 0.3) is 11.0 Å². The van der Waals surface area contributed by atoms with Gasteiger partial charge in [0.2, 0.25) is 0 Å². The van der Waals surface area contributed by atoms with Gasteiger partial charge in [0.15, 0.2) is 0 Å². The smallest absolute Gasteiger partial charge is 0.419 e. The maximum Gasteiger partial charge on any atom is 0.419 e. The number of hydrogen-bond acceptors (Lipinski definition) is 6. The van der Waals surface area contributed by atoms with E-state index in [2.05, 4.69) is 25.7 Å². The molecular formula is C29H31F4N7O3. The van der Waals surface area contributed by atoms with Crippen molar-refractivity contribution in [2.45, 2.75) is 58.0 Å². The number of anilines is 2. The molecule has 1 aliphatic rings. The molecule has 2 amide bonds. The third kappa shape index (κ3) is 7.07. The second-order valence-corrected chi connectivity index (χ2v) is 11.4. The minimum absolute atomic E-state index is 0.0934. The van der Waals surface area contributed by atoms with Crippen molar-refractivity contribution in [3.8, 4) is 0 Å². The largest absolute Gasteiger partial charge is 0.444 e. The monoisotopic (exact) mass is 601 g/mol. The normalized spacial score (nSPS) is 15.9. The van der Waals surface area contributed by atoms with Gasteiger partial charge in [-0.2, -0.15) is 18.3 Å². The summed E-state index contributed by atoms with van der Waals surface area (Å²) in [6.45, 7) is 5.85. The van der Waals surface area contributed by atoms with Crippen LogP contribution < -0.4 is 15.5 Å². The first kappa shape index (κ1) is 29.9. The predicted octanol–water partition coefficient (Wildman–Crippen LogP) is 5.71. The van der Waals surface area contributed by atoms with Crippen molar-refractivity contribution >= 4 is 34.4 Å². The second kappa shape index (κ2) is 11.6. The molecule has 1 aliphatic heterocycles. The average Bonchev–Trinajstić information content (AvgIpc) is 3.55. The molecule has 0 spiro atoms. The van der Waals surface area contributed by atoms with Gasteiger partial charge in [0.25, 0.3) is 5.91 Å². The van der Waals surface area contributed by atoms with Gasteiger partial charge in [0.1, 0.15) is 17.1 Å². The molecule has 43 heavy (non-hydrogen) atoms. The van der Waals surface area contributed by atoms with Crippen molar-refractivity contribution in [1.29, 1.82) is 0 Å². The summed E-state index contributed by atoms with van der Waals surface area (Å²) in [6, 6.07) is 5.38. The van der Waals surface area contributed by atoms with Crippen LogP contribution in [0.3, 0.4) is 0 Å². The van der Waals surface area contributed by atoms with Crippen molar-refractivity contribution in [2.75, 3.05) is 23.3 Å². The quantitative estimate of drug-likeness (QED) is 0.244. The van der Waals surface area contributed by atoms with Crippen LogP contribution in [-0.4, -0.2) is 56.5 Å². The first-order chi connectivity index (χ1) is 20.3. The molecule has 10 nitrogen and oxygen atoms in total. The highest BCUT2D eigenvalue weighted by molar-refractivity contribution is 6.11. The van der Waals surface area contributed by atoms with Crippen LogP contribution in [0.2, 0.25) is 0 Å². The number of carbonyl (C=O) groups excluding carboxylic acids is 2. The van der Waals surface area contributed by atoms with Crippen molar-refractivity contribution in [1.82, 2.24) is 25.1 Å². The van der Waals surface area contributed by atoms with Gasteiger partial charge in [-0.25, -0.2) is 14.2 Å². The highest BCUT2D eigenvalue weighted by Gasteiger charge is 2.39. The van der Waals surface area contributed by atoms with E-state index in [-0.39, 0.29) is 46.9 Å². The molecule has 0 radical (unpaired) electrons. The zero-order valence-electron chi connectivity index (χ0n) is 23.8. The fourth-order valence-electron chi connectivity index (χ4n) is 5.02. The number of pyridine rings is 1. The SMILES string of the molecule is CC(C)(C)OC(=O)N[C@@H]1CCCN(c2c(C(F)(F)F)cnc3[nH]cc(NC(=O)c4cnn(Cc5ccc(F)cc5)c4)c23)C1. The molecule has 228 valence electrons. The van der Waals surface area contributed by atoms with Crippen LogP contribution in [0.15, 0.2) is 49.1 Å². The Hall–Kier alpha value is -4.62. The Kier molecular flexibility index (Phi) is 8.04. The average molecular weight is 602 g/mol. The van der Waals surface area contributed by atoms with Crippen LogP contribution in [-0.2, 0) is 17.5 Å². The fourth-order valence-corrected chi connectivity index (χ4v) is 5.02. The second-order valence-electron chi connectivity index (χ2n) is 11.4. The van der Waals surface area contributed by atoms with Gasteiger partial charge in [-0.15, -0.1) is 0 Å². The molecule has 0 unspecified atom stereocenters. The number of halogens is 4. The van der Waals surface area contributed by atoms with E-state index in [1.807, 2.05) is 0 Å². The molecule has 0 saturated carbocycles. The standard InChI is InChI=1S/C29H31F4N7O3/c1-28(2,3)43-27(42)37-20-5-4-10-39(16-20)24-21(29(31,32)33)12-34-25-23(24)22(13-35-25)38-26(41)18-11-36-40(15-18)14-17-6-8-19(30)9-7-17/h6-9,11-13,15,20H,4-5,10,14,16H2,1-3H3,(H,34,35)(H,37,42)(H,38,41)/t20-/m1/s1. The molecule has 1 saturated heterocycles. The number of alkyl carbamates (subject to hydrolysis) is 1. The maximum absolute atomic E-state index is 14.3. The van der Waals surface area contributed by atoms with Crippen LogP contribution in [0.5, 0.6) is 0 Å². The number of nitrogens with zero attached hydrogens (tertiary/aromatic N) is 4. The minimum Gasteiger partial charge on any atom is -0.444 e. The number of fused-ring (bicyclic) bond motifs is 1. The Morgan fingerprint density at radius 2 is 1.88 bits per heavy atom. The van der Waals surface area contributed by atoms with E-state index in [0.29, 0.717) is 19.4 Å². The summed E-state index contributed by atoms with van der Waals surface area (Å²) in [4.78, 5) is 34.0. The molecule has 1 atom stereocenters. The molecule has 4 heterocycles. The van der Waals surface area contributed by atoms with Crippen LogP contribution in [0.4, 0.5) is 33.7 Å². The third-order valence-electron chi connectivity index (χ3n) is 6.84. The van der Waals surface area contributed by atoms with Crippen LogP contribution in [0, 0.1) is 5.82 Å². The van der Waals surface area contributed by atoms with E-state index in [0.717, 1.165) is 11.8 Å². The number of alkyl halides is 3. The summed E-state index contributed by atoms with van der Waals surface area (Å²) in [6.07, 6.45) is 0.682. The Morgan fingerprint density at radius 3 is 2.58 bits per heavy atom. The number of benzene rings is 1. The molecule has 3 N–H and O–H groups in total. The number of aromatic amines is 1. The summed E-state index contributed by atoms with van der Waals surface area (Å²) >= 11 is 0. The topological polar surface area (TPSA) is 117 Å². The Labute approximate surface area is 244 Å². The molecule has 1 fully saturated rings. The summed E-state index contributed by atoms with van der Waals surface area (Å²) in [7, 11) is 0. The fraction of sp³-hybridized carbons (Fsp3) is 0.379. The number of H-pyrrole nitrogens is 1. The maximum atomic E-state index is 14.3. The van der Waals surface area contributed by atoms with Gasteiger partial charge in [0.05, 0.1) is 40.6 Å². The Morgan fingerprint density at radius 1 is 1.14 bits per heavy atom. The van der Waals surface area contributed by atoms with Gasteiger partial charge < -0.3 is 25.3 Å². The number of rotatable bonds is 6. The zero-order chi connectivity index (χ0) is 30.9. The van der Waals surface area contributed by atoms with E-state index in [9.17, 15) is 27.2 Å². The lowest BCUT2D eigenvalue weighted by Gasteiger charge is -2.36. The van der Waals surface area contributed by atoms with Gasteiger partial charge in [-0.1, -0.05) is 12.1 Å². The summed E-state index contributed by atoms with van der Waals surface area (Å²) < 4.78 is 63.0. The number of amides is 2. The highest BCUT2D eigenvalue weighted by atomic mass is 19.4. The van der Waals surface area contributed by atoms with Crippen molar-refractivity contribution in [3.63, 3.8) is 0 Å². The Bertz CT molecular complexity index is 1620. The van der Waals surface area contributed by atoms with Gasteiger partial charge >= 0.3 is 12.3 Å². The van der Waals surface area contributed by atoms with E-state index in [1.165, 1.54) is 35.4 Å². The Balaban J connectivity index is 1.42. The zero-order valence-corrected chi connectivity index (χ0v) is 23.8. The van der Waals surface area contributed by atoms with Gasteiger partial charge in [-0.05, 0) is 51.3 Å². The number of carbonyl (C=O) groups is 2. The minimum atomic E-state index is -4.73. The van der Waals surface area contributed by atoms with Gasteiger partial charge in [-0.3, -0.25) is 9.48 Å². The van der Waals surface area contributed by atoms with Crippen LogP contribution in [0.1, 0.15) is 55.1 Å². The molecular weight excluding hydrogens is 570 g/mol. The van der Waals surface area contributed by atoms with E-state index in [4.69, 9.17) is 4.74 Å². The van der Waals surface area contributed by atoms with Crippen LogP contribution >= 0.6 is 0 Å². The van der Waals surface area contributed by atoms with Crippen molar-refractivity contribution in [2.24, 2.45) is 0 Å². The molecule has 14 heteroatoms. The number of aromatic nitrogens is 4. The lowest BCUT2D eigenvalue weighted by atomic mass is 10.0. The number of hydrogen-bond donors (Lipinski definition) is 3. The van der Waals surface area contributed by atoms with Crippen molar-refractivity contribution < 1.29 is 31.9 Å². The number of nitrogens with one attached hydrogen (secondary N) is 3. The number of ether oxygens (including phenoxy) is 1. The lowest BCUT2D eigenvalue weighted by Crippen LogP contribution is -2.49. The summed E-state index contributed by atoms with van der Waals surface area (Å²) in [5.74, 6) is -0.956. The molecule has 0 bridgehead atoms. The molecule has 4 aromatic rings. The molecule has 3 aromatic heterocycles. The first-order valence-corrected chi connectivity index (χ1v) is 13.7. The third-order valence-corrected chi connectivity index (χ3v) is 6.84. The lowest BCUT2D eigenvalue weighted by molar-refractivity contribution is -0.137. The molecule has 5 rings (SSSR count). The summed E-state index contributed by atoms with van der Waals surface area (Å²) in [5.41, 5.74) is -0.608.